The molecule has 0 atom stereocenters. The van der Waals surface area contributed by atoms with Gasteiger partial charge in [0.15, 0.2) is 17.5 Å². The van der Waals surface area contributed by atoms with Crippen molar-refractivity contribution >= 4 is 5.82 Å². The van der Waals surface area contributed by atoms with E-state index in [9.17, 15) is 8.78 Å². The zero-order valence-corrected chi connectivity index (χ0v) is 8.10. The highest BCUT2D eigenvalue weighted by Gasteiger charge is 2.11. The van der Waals surface area contributed by atoms with Crippen LogP contribution < -0.4 is 10.1 Å². The fourth-order valence-corrected chi connectivity index (χ4v) is 0.925. The van der Waals surface area contributed by atoms with Crippen molar-refractivity contribution in [3.8, 4) is 5.88 Å². The molecule has 0 aliphatic heterocycles. The van der Waals surface area contributed by atoms with Gasteiger partial charge in [0.2, 0.25) is 0 Å². The van der Waals surface area contributed by atoms with Gasteiger partial charge in [-0.15, -0.1) is 0 Å². The molecular formula is C9H12F2N2O. The smallest absolute Gasteiger partial charge is 0.252 e. The molecule has 3 nitrogen and oxygen atoms in total. The Kier molecular flexibility index (Phi) is 3.62. The molecule has 0 amide bonds. The molecular weight excluding hydrogens is 190 g/mol. The van der Waals surface area contributed by atoms with Gasteiger partial charge in [-0.3, -0.25) is 0 Å². The van der Waals surface area contributed by atoms with Gasteiger partial charge in [-0.1, -0.05) is 6.92 Å². The van der Waals surface area contributed by atoms with Crippen LogP contribution in [-0.4, -0.2) is 18.6 Å². The minimum Gasteiger partial charge on any atom is -0.476 e. The highest BCUT2D eigenvalue weighted by atomic mass is 19.1. The zero-order chi connectivity index (χ0) is 10.6. The molecule has 0 aromatic carbocycles. The Labute approximate surface area is 81.1 Å². The lowest BCUT2D eigenvalue weighted by Crippen LogP contribution is -2.04. The number of anilines is 1. The van der Waals surface area contributed by atoms with Crippen molar-refractivity contribution < 1.29 is 13.5 Å². The summed E-state index contributed by atoms with van der Waals surface area (Å²) >= 11 is 0. The van der Waals surface area contributed by atoms with E-state index in [2.05, 4.69) is 10.3 Å². The third-order valence-corrected chi connectivity index (χ3v) is 1.58. The Morgan fingerprint density at radius 2 is 2.14 bits per heavy atom. The van der Waals surface area contributed by atoms with Crippen LogP contribution in [0.4, 0.5) is 14.6 Å². The minimum atomic E-state index is -0.782. The highest BCUT2D eigenvalue weighted by molar-refractivity contribution is 5.38. The first-order valence-corrected chi connectivity index (χ1v) is 4.35. The maximum absolute atomic E-state index is 13.0. The van der Waals surface area contributed by atoms with Gasteiger partial charge >= 0.3 is 0 Å². The van der Waals surface area contributed by atoms with Crippen LogP contribution in [0.1, 0.15) is 13.3 Å². The van der Waals surface area contributed by atoms with Gasteiger partial charge in [-0.05, 0) is 6.42 Å². The largest absolute Gasteiger partial charge is 0.476 e. The van der Waals surface area contributed by atoms with Crippen molar-refractivity contribution in [3.05, 3.63) is 17.7 Å². The first-order chi connectivity index (χ1) is 6.69. The second kappa shape index (κ2) is 4.74. The number of halogens is 2. The molecule has 0 radical (unpaired) electrons. The van der Waals surface area contributed by atoms with Crippen molar-refractivity contribution in [2.45, 2.75) is 13.3 Å². The Balaban J connectivity index is 2.92. The zero-order valence-electron chi connectivity index (χ0n) is 8.10. The third-order valence-electron chi connectivity index (χ3n) is 1.58. The number of nitrogens with zero attached hydrogens (tertiary/aromatic N) is 1. The Morgan fingerprint density at radius 3 is 2.71 bits per heavy atom. The molecule has 0 unspecified atom stereocenters. The van der Waals surface area contributed by atoms with E-state index in [0.717, 1.165) is 12.5 Å². The maximum atomic E-state index is 13.0. The van der Waals surface area contributed by atoms with Crippen molar-refractivity contribution in [2.24, 2.45) is 0 Å². The van der Waals surface area contributed by atoms with Crippen LogP contribution >= 0.6 is 0 Å². The lowest BCUT2D eigenvalue weighted by molar-refractivity contribution is 0.287. The highest BCUT2D eigenvalue weighted by Crippen LogP contribution is 2.20. The van der Waals surface area contributed by atoms with Gasteiger partial charge in [0.05, 0.1) is 6.61 Å². The first-order valence-electron chi connectivity index (χ1n) is 4.35. The molecule has 0 bridgehead atoms. The summed E-state index contributed by atoms with van der Waals surface area (Å²) in [6.45, 7) is 2.25. The van der Waals surface area contributed by atoms with Crippen molar-refractivity contribution in [2.75, 3.05) is 19.0 Å². The molecule has 0 saturated carbocycles. The number of hydrogen-bond acceptors (Lipinski definition) is 3. The molecule has 78 valence electrons. The average Bonchev–Trinajstić information content (AvgIpc) is 2.17. The first kappa shape index (κ1) is 10.7. The molecule has 1 aromatic rings. The predicted molar refractivity (Wildman–Crippen MR) is 49.5 cm³/mol. The summed E-state index contributed by atoms with van der Waals surface area (Å²) in [5, 5.41) is 2.51. The normalized spacial score (nSPS) is 10.0. The Hall–Kier alpha value is -1.39. The number of pyridine rings is 1. The molecule has 0 saturated heterocycles. The number of rotatable bonds is 4. The Morgan fingerprint density at radius 1 is 1.43 bits per heavy atom. The van der Waals surface area contributed by atoms with Crippen molar-refractivity contribution in [1.29, 1.82) is 0 Å². The average molecular weight is 202 g/mol. The van der Waals surface area contributed by atoms with Gasteiger partial charge in [0.1, 0.15) is 0 Å². The van der Waals surface area contributed by atoms with Crippen LogP contribution in [0.2, 0.25) is 0 Å². The second-order valence-electron chi connectivity index (χ2n) is 2.70. The SMILES string of the molecule is CCCOc1nc(NC)c(F)cc1F. The fourth-order valence-electron chi connectivity index (χ4n) is 0.925. The maximum Gasteiger partial charge on any atom is 0.252 e. The summed E-state index contributed by atoms with van der Waals surface area (Å²) in [5.74, 6) is -1.70. The van der Waals surface area contributed by atoms with Crippen LogP contribution in [0.25, 0.3) is 0 Å². The van der Waals surface area contributed by atoms with Crippen LogP contribution in [0.3, 0.4) is 0 Å². The number of nitrogens with one attached hydrogen (secondary N) is 1. The van der Waals surface area contributed by atoms with E-state index in [-0.39, 0.29) is 11.7 Å². The van der Waals surface area contributed by atoms with Crippen LogP contribution in [0.15, 0.2) is 6.07 Å². The summed E-state index contributed by atoms with van der Waals surface area (Å²) in [4.78, 5) is 3.64. The minimum absolute atomic E-state index is 0.0162. The topological polar surface area (TPSA) is 34.1 Å². The molecule has 14 heavy (non-hydrogen) atoms. The van der Waals surface area contributed by atoms with Gasteiger partial charge in [-0.25, -0.2) is 8.78 Å². The molecule has 1 N–H and O–H groups in total. The second-order valence-corrected chi connectivity index (χ2v) is 2.70. The quantitative estimate of drug-likeness (QED) is 0.812. The molecule has 1 heterocycles. The van der Waals surface area contributed by atoms with E-state index < -0.39 is 11.6 Å². The summed E-state index contributed by atoms with van der Waals surface area (Å²) in [6, 6.07) is 0.754. The van der Waals surface area contributed by atoms with Gasteiger partial charge in [0.25, 0.3) is 5.88 Å². The monoisotopic (exact) mass is 202 g/mol. The Bertz CT molecular complexity index is 318. The van der Waals surface area contributed by atoms with Gasteiger partial charge in [-0.2, -0.15) is 4.98 Å². The molecule has 5 heteroatoms. The summed E-state index contributed by atoms with van der Waals surface area (Å²) in [6.07, 6.45) is 0.743. The number of hydrogen-bond donors (Lipinski definition) is 1. The lowest BCUT2D eigenvalue weighted by atomic mass is 10.4. The molecule has 0 fully saturated rings. The third kappa shape index (κ3) is 2.31. The van der Waals surface area contributed by atoms with Crippen molar-refractivity contribution in [3.63, 3.8) is 0 Å². The van der Waals surface area contributed by atoms with Crippen LogP contribution in [-0.2, 0) is 0 Å². The van der Waals surface area contributed by atoms with E-state index in [1.54, 1.807) is 0 Å². The van der Waals surface area contributed by atoms with E-state index in [4.69, 9.17) is 4.74 Å². The molecule has 0 aliphatic carbocycles. The van der Waals surface area contributed by atoms with Crippen LogP contribution in [0, 0.1) is 11.6 Å². The molecule has 0 aliphatic rings. The van der Waals surface area contributed by atoms with E-state index in [1.165, 1.54) is 7.05 Å². The molecule has 1 rings (SSSR count). The summed E-state index contributed by atoms with van der Waals surface area (Å²) in [7, 11) is 1.51. The van der Waals surface area contributed by atoms with Gasteiger partial charge in [0, 0.05) is 13.1 Å². The standard InChI is InChI=1S/C9H12F2N2O/c1-3-4-14-9-7(11)5-6(10)8(12-2)13-9/h5H,3-4H2,1-2H3,(H,12,13). The summed E-state index contributed by atoms with van der Waals surface area (Å²) < 4.78 is 31.0. The number of aromatic nitrogens is 1. The number of ether oxygens (including phenoxy) is 1. The van der Waals surface area contributed by atoms with E-state index >= 15 is 0 Å². The van der Waals surface area contributed by atoms with E-state index in [1.807, 2.05) is 6.92 Å². The van der Waals surface area contributed by atoms with Gasteiger partial charge < -0.3 is 10.1 Å². The van der Waals surface area contributed by atoms with E-state index in [0.29, 0.717) is 6.61 Å². The molecule has 1 aromatic heterocycles. The summed E-state index contributed by atoms with van der Waals surface area (Å²) in [5.41, 5.74) is 0. The lowest BCUT2D eigenvalue weighted by Gasteiger charge is -2.07. The predicted octanol–water partition coefficient (Wildman–Crippen LogP) is 2.19. The van der Waals surface area contributed by atoms with Crippen LogP contribution in [0.5, 0.6) is 5.88 Å². The molecule has 0 spiro atoms. The van der Waals surface area contributed by atoms with Crippen molar-refractivity contribution in [1.82, 2.24) is 4.98 Å². The fraction of sp³-hybridized carbons (Fsp3) is 0.444.